The third-order valence-electron chi connectivity index (χ3n) is 3.39. The second-order valence-electron chi connectivity index (χ2n) is 5.25. The zero-order valence-corrected chi connectivity index (χ0v) is 10.1. The van der Waals surface area contributed by atoms with Gasteiger partial charge in [0.1, 0.15) is 0 Å². The molecule has 1 aliphatic rings. The molecule has 0 saturated heterocycles. The lowest BCUT2D eigenvalue weighted by molar-refractivity contribution is -0.137. The lowest BCUT2D eigenvalue weighted by atomic mass is 9.87. The SMILES string of the molecule is CC1(C)CCCC1NC(=O)CCCC(=O)O. The fourth-order valence-corrected chi connectivity index (χ4v) is 2.26. The summed E-state index contributed by atoms with van der Waals surface area (Å²) < 4.78 is 0. The number of aliphatic carboxylic acids is 1. The number of carbonyl (C=O) groups is 2. The van der Waals surface area contributed by atoms with Crippen LogP contribution in [0.3, 0.4) is 0 Å². The van der Waals surface area contributed by atoms with Crippen molar-refractivity contribution in [3.8, 4) is 0 Å². The Morgan fingerprint density at radius 3 is 2.56 bits per heavy atom. The van der Waals surface area contributed by atoms with Crippen molar-refractivity contribution in [2.45, 2.75) is 58.4 Å². The first-order valence-electron chi connectivity index (χ1n) is 5.93. The van der Waals surface area contributed by atoms with Crippen molar-refractivity contribution in [3.63, 3.8) is 0 Å². The molecule has 1 rings (SSSR count). The highest BCUT2D eigenvalue weighted by atomic mass is 16.4. The van der Waals surface area contributed by atoms with E-state index in [0.717, 1.165) is 19.3 Å². The predicted octanol–water partition coefficient (Wildman–Crippen LogP) is 1.94. The minimum atomic E-state index is -0.839. The molecular formula is C12H21NO3. The molecule has 1 amide bonds. The fraction of sp³-hybridized carbons (Fsp3) is 0.833. The summed E-state index contributed by atoms with van der Waals surface area (Å²) in [5.74, 6) is -0.852. The van der Waals surface area contributed by atoms with Crippen molar-refractivity contribution in [3.05, 3.63) is 0 Å². The van der Waals surface area contributed by atoms with E-state index in [-0.39, 0.29) is 23.8 Å². The van der Waals surface area contributed by atoms with E-state index in [1.54, 1.807) is 0 Å². The van der Waals surface area contributed by atoms with Crippen LogP contribution < -0.4 is 5.32 Å². The summed E-state index contributed by atoms with van der Waals surface area (Å²) in [7, 11) is 0. The van der Waals surface area contributed by atoms with E-state index in [9.17, 15) is 9.59 Å². The first kappa shape index (κ1) is 13.0. The maximum atomic E-state index is 11.6. The highest BCUT2D eigenvalue weighted by Crippen LogP contribution is 2.37. The van der Waals surface area contributed by atoms with Crippen LogP contribution in [0.15, 0.2) is 0 Å². The average Bonchev–Trinajstić information content (AvgIpc) is 2.45. The van der Waals surface area contributed by atoms with Crippen LogP contribution in [0, 0.1) is 5.41 Å². The molecule has 1 atom stereocenters. The van der Waals surface area contributed by atoms with Gasteiger partial charge in [-0.3, -0.25) is 9.59 Å². The van der Waals surface area contributed by atoms with Gasteiger partial charge in [0, 0.05) is 18.9 Å². The standard InChI is InChI=1S/C12H21NO3/c1-12(2)8-4-5-9(12)13-10(14)6-3-7-11(15)16/h9H,3-8H2,1-2H3,(H,13,14)(H,15,16). The zero-order chi connectivity index (χ0) is 12.2. The maximum Gasteiger partial charge on any atom is 0.303 e. The van der Waals surface area contributed by atoms with Gasteiger partial charge in [0.05, 0.1) is 0 Å². The largest absolute Gasteiger partial charge is 0.481 e. The van der Waals surface area contributed by atoms with Crippen LogP contribution in [0.25, 0.3) is 0 Å². The molecule has 4 heteroatoms. The smallest absolute Gasteiger partial charge is 0.303 e. The summed E-state index contributed by atoms with van der Waals surface area (Å²) in [6.07, 6.45) is 4.16. The van der Waals surface area contributed by atoms with Gasteiger partial charge in [0.2, 0.25) is 5.91 Å². The van der Waals surface area contributed by atoms with Crippen molar-refractivity contribution in [1.82, 2.24) is 5.32 Å². The second kappa shape index (κ2) is 5.32. The second-order valence-corrected chi connectivity index (χ2v) is 5.25. The van der Waals surface area contributed by atoms with E-state index in [4.69, 9.17) is 5.11 Å². The van der Waals surface area contributed by atoms with Crippen molar-refractivity contribution < 1.29 is 14.7 Å². The van der Waals surface area contributed by atoms with Crippen molar-refractivity contribution in [1.29, 1.82) is 0 Å². The van der Waals surface area contributed by atoms with Crippen molar-refractivity contribution >= 4 is 11.9 Å². The number of rotatable bonds is 5. The highest BCUT2D eigenvalue weighted by Gasteiger charge is 2.35. The van der Waals surface area contributed by atoms with Crippen molar-refractivity contribution in [2.24, 2.45) is 5.41 Å². The van der Waals surface area contributed by atoms with E-state index in [0.29, 0.717) is 12.8 Å². The molecule has 2 N–H and O–H groups in total. The molecule has 0 heterocycles. The number of amides is 1. The molecule has 1 saturated carbocycles. The summed E-state index contributed by atoms with van der Waals surface area (Å²) >= 11 is 0. The Bertz CT molecular complexity index is 273. The summed E-state index contributed by atoms with van der Waals surface area (Å²) in [6, 6.07) is 0.254. The molecule has 16 heavy (non-hydrogen) atoms. The molecule has 0 spiro atoms. The van der Waals surface area contributed by atoms with Crippen molar-refractivity contribution in [2.75, 3.05) is 0 Å². The Balaban J connectivity index is 2.26. The number of carbonyl (C=O) groups excluding carboxylic acids is 1. The Morgan fingerprint density at radius 2 is 2.06 bits per heavy atom. The van der Waals surface area contributed by atoms with E-state index in [1.165, 1.54) is 0 Å². The fourth-order valence-electron chi connectivity index (χ4n) is 2.26. The first-order chi connectivity index (χ1) is 7.42. The van der Waals surface area contributed by atoms with E-state index in [2.05, 4.69) is 19.2 Å². The number of nitrogens with one attached hydrogen (secondary N) is 1. The summed E-state index contributed by atoms with van der Waals surface area (Å²) in [5, 5.41) is 11.5. The number of carboxylic acids is 1. The van der Waals surface area contributed by atoms with Gasteiger partial charge in [-0.15, -0.1) is 0 Å². The lowest BCUT2D eigenvalue weighted by Gasteiger charge is -2.27. The number of hydrogen-bond donors (Lipinski definition) is 2. The van der Waals surface area contributed by atoms with Gasteiger partial charge >= 0.3 is 5.97 Å². The van der Waals surface area contributed by atoms with Gasteiger partial charge < -0.3 is 10.4 Å². The van der Waals surface area contributed by atoms with Crippen LogP contribution in [0.4, 0.5) is 0 Å². The molecule has 4 nitrogen and oxygen atoms in total. The van der Waals surface area contributed by atoms with Gasteiger partial charge in [0.15, 0.2) is 0 Å². The molecule has 0 radical (unpaired) electrons. The molecule has 0 bridgehead atoms. The maximum absolute atomic E-state index is 11.6. The van der Waals surface area contributed by atoms with Crippen LogP contribution in [0.5, 0.6) is 0 Å². The topological polar surface area (TPSA) is 66.4 Å². The number of carboxylic acid groups (broad SMARTS) is 1. The molecule has 0 aromatic heterocycles. The molecule has 1 fully saturated rings. The van der Waals surface area contributed by atoms with E-state index >= 15 is 0 Å². The molecule has 0 aromatic carbocycles. The van der Waals surface area contributed by atoms with Gasteiger partial charge in [-0.25, -0.2) is 0 Å². The van der Waals surface area contributed by atoms with Gasteiger partial charge in [-0.1, -0.05) is 20.3 Å². The molecule has 1 unspecified atom stereocenters. The Hall–Kier alpha value is -1.06. The predicted molar refractivity (Wildman–Crippen MR) is 61.0 cm³/mol. The van der Waals surface area contributed by atoms with Crippen LogP contribution >= 0.6 is 0 Å². The zero-order valence-electron chi connectivity index (χ0n) is 10.1. The third kappa shape index (κ3) is 3.83. The minimum Gasteiger partial charge on any atom is -0.481 e. The van der Waals surface area contributed by atoms with Crippen LogP contribution in [-0.2, 0) is 9.59 Å². The van der Waals surface area contributed by atoms with Crippen LogP contribution in [0.1, 0.15) is 52.4 Å². The average molecular weight is 227 g/mol. The van der Waals surface area contributed by atoms with E-state index < -0.39 is 5.97 Å². The summed E-state index contributed by atoms with van der Waals surface area (Å²) in [6.45, 7) is 4.34. The molecule has 0 aliphatic heterocycles. The van der Waals surface area contributed by atoms with E-state index in [1.807, 2.05) is 0 Å². The van der Waals surface area contributed by atoms with Gasteiger partial charge in [0.25, 0.3) is 0 Å². The number of hydrogen-bond acceptors (Lipinski definition) is 2. The molecular weight excluding hydrogens is 206 g/mol. The first-order valence-corrected chi connectivity index (χ1v) is 5.93. The van der Waals surface area contributed by atoms with Gasteiger partial charge in [-0.2, -0.15) is 0 Å². The summed E-state index contributed by atoms with van der Waals surface area (Å²) in [4.78, 5) is 21.9. The third-order valence-corrected chi connectivity index (χ3v) is 3.39. The molecule has 92 valence electrons. The van der Waals surface area contributed by atoms with Gasteiger partial charge in [-0.05, 0) is 24.7 Å². The minimum absolute atomic E-state index is 0.0128. The Labute approximate surface area is 96.4 Å². The monoisotopic (exact) mass is 227 g/mol. The normalized spacial score (nSPS) is 23.0. The molecule has 1 aliphatic carbocycles. The summed E-state index contributed by atoms with van der Waals surface area (Å²) in [5.41, 5.74) is 0.183. The lowest BCUT2D eigenvalue weighted by Crippen LogP contribution is -2.41. The highest BCUT2D eigenvalue weighted by molar-refractivity contribution is 5.77. The quantitative estimate of drug-likeness (QED) is 0.754. The van der Waals surface area contributed by atoms with Crippen LogP contribution in [-0.4, -0.2) is 23.0 Å². The van der Waals surface area contributed by atoms with Crippen LogP contribution in [0.2, 0.25) is 0 Å². The Kier molecular flexibility index (Phi) is 4.33. The Morgan fingerprint density at radius 1 is 1.38 bits per heavy atom. The molecule has 0 aromatic rings.